The Labute approximate surface area is 134 Å². The van der Waals surface area contributed by atoms with Gasteiger partial charge in [0.15, 0.2) is 0 Å². The van der Waals surface area contributed by atoms with E-state index in [-0.39, 0.29) is 5.92 Å². The molecule has 0 spiro atoms. The van der Waals surface area contributed by atoms with Crippen LogP contribution in [0.15, 0.2) is 42.7 Å². The maximum absolute atomic E-state index is 12.2. The van der Waals surface area contributed by atoms with Gasteiger partial charge in [0.2, 0.25) is 0 Å². The van der Waals surface area contributed by atoms with Gasteiger partial charge in [0, 0.05) is 6.42 Å². The first-order chi connectivity index (χ1) is 10.7. The highest BCUT2D eigenvalue weighted by Crippen LogP contribution is 2.37. The number of ether oxygens (including phenoxy) is 1. The Kier molecular flexibility index (Phi) is 6.70. The van der Waals surface area contributed by atoms with E-state index in [1.54, 1.807) is 0 Å². The second-order valence-corrected chi connectivity index (χ2v) is 6.33. The SMILES string of the molecule is C=C(Oc1ccccc1)[C@@H]1C(=O)CC[C@H]1CCCCCCC. The van der Waals surface area contributed by atoms with E-state index in [2.05, 4.69) is 13.5 Å². The van der Waals surface area contributed by atoms with Crippen molar-refractivity contribution in [3.8, 4) is 5.75 Å². The summed E-state index contributed by atoms with van der Waals surface area (Å²) < 4.78 is 5.83. The molecule has 1 aromatic rings. The molecule has 0 amide bonds. The number of rotatable bonds is 9. The third-order valence-electron chi connectivity index (χ3n) is 4.60. The van der Waals surface area contributed by atoms with Crippen molar-refractivity contribution in [2.75, 3.05) is 0 Å². The number of carbonyl (C=O) groups excluding carboxylic acids is 1. The zero-order valence-corrected chi connectivity index (χ0v) is 13.7. The van der Waals surface area contributed by atoms with E-state index in [4.69, 9.17) is 4.74 Å². The number of unbranched alkanes of at least 4 members (excludes halogenated alkanes) is 4. The molecule has 1 aromatic carbocycles. The number of allylic oxidation sites excluding steroid dienone is 1. The van der Waals surface area contributed by atoms with Gasteiger partial charge in [0.25, 0.3) is 0 Å². The molecule has 0 N–H and O–H groups in total. The maximum atomic E-state index is 12.2. The summed E-state index contributed by atoms with van der Waals surface area (Å²) in [7, 11) is 0. The molecule has 0 heterocycles. The molecule has 1 fully saturated rings. The van der Waals surface area contributed by atoms with Crippen molar-refractivity contribution in [2.24, 2.45) is 11.8 Å². The van der Waals surface area contributed by atoms with Crippen LogP contribution in [0, 0.1) is 11.8 Å². The third kappa shape index (κ3) is 4.72. The molecule has 1 saturated carbocycles. The van der Waals surface area contributed by atoms with Gasteiger partial charge in [-0.05, 0) is 30.9 Å². The number of ketones is 1. The third-order valence-corrected chi connectivity index (χ3v) is 4.60. The van der Waals surface area contributed by atoms with E-state index in [1.165, 1.54) is 32.1 Å². The summed E-state index contributed by atoms with van der Waals surface area (Å²) in [5.41, 5.74) is 0. The normalized spacial score (nSPS) is 21.0. The minimum atomic E-state index is -0.105. The van der Waals surface area contributed by atoms with E-state index in [1.807, 2.05) is 30.3 Å². The number of hydrogen-bond donors (Lipinski definition) is 0. The van der Waals surface area contributed by atoms with E-state index in [9.17, 15) is 4.79 Å². The molecule has 22 heavy (non-hydrogen) atoms. The van der Waals surface area contributed by atoms with Gasteiger partial charge < -0.3 is 4.74 Å². The molecule has 1 aliphatic rings. The molecule has 2 rings (SSSR count). The Morgan fingerprint density at radius 2 is 1.91 bits per heavy atom. The van der Waals surface area contributed by atoms with E-state index < -0.39 is 0 Å². The number of benzene rings is 1. The summed E-state index contributed by atoms with van der Waals surface area (Å²) in [6, 6.07) is 9.64. The van der Waals surface area contributed by atoms with Crippen LogP contribution in [-0.2, 0) is 4.79 Å². The average molecular weight is 300 g/mol. The smallest absolute Gasteiger partial charge is 0.143 e. The van der Waals surface area contributed by atoms with Crippen LogP contribution in [0.25, 0.3) is 0 Å². The Bertz CT molecular complexity index is 478. The molecule has 1 aliphatic carbocycles. The van der Waals surface area contributed by atoms with Gasteiger partial charge in [0.1, 0.15) is 17.3 Å². The molecule has 0 aliphatic heterocycles. The Balaban J connectivity index is 1.86. The molecule has 2 nitrogen and oxygen atoms in total. The zero-order chi connectivity index (χ0) is 15.8. The van der Waals surface area contributed by atoms with Crippen molar-refractivity contribution in [2.45, 2.75) is 58.3 Å². The van der Waals surface area contributed by atoms with E-state index >= 15 is 0 Å². The number of carbonyl (C=O) groups is 1. The van der Waals surface area contributed by atoms with Crippen molar-refractivity contribution >= 4 is 5.78 Å². The topological polar surface area (TPSA) is 26.3 Å². The van der Waals surface area contributed by atoms with E-state index in [0.29, 0.717) is 23.9 Å². The van der Waals surface area contributed by atoms with Crippen molar-refractivity contribution in [3.63, 3.8) is 0 Å². The van der Waals surface area contributed by atoms with Crippen molar-refractivity contribution in [3.05, 3.63) is 42.7 Å². The van der Waals surface area contributed by atoms with Crippen LogP contribution < -0.4 is 4.74 Å². The summed E-state index contributed by atoms with van der Waals surface area (Å²) in [5, 5.41) is 0. The average Bonchev–Trinajstić information content (AvgIpc) is 2.89. The van der Waals surface area contributed by atoms with Gasteiger partial charge in [-0.3, -0.25) is 4.79 Å². The Morgan fingerprint density at radius 1 is 1.18 bits per heavy atom. The first-order valence-corrected chi connectivity index (χ1v) is 8.66. The first kappa shape index (κ1) is 16.8. The van der Waals surface area contributed by atoms with Gasteiger partial charge in [-0.25, -0.2) is 0 Å². The maximum Gasteiger partial charge on any atom is 0.143 e. The van der Waals surface area contributed by atoms with Crippen molar-refractivity contribution < 1.29 is 9.53 Å². The molecule has 0 unspecified atom stereocenters. The van der Waals surface area contributed by atoms with Crippen LogP contribution in [0.5, 0.6) is 5.75 Å². The standard InChI is InChI=1S/C20H28O2/c1-3-4-5-6-8-11-17-14-15-19(21)20(17)16(2)22-18-12-9-7-10-13-18/h7,9-10,12-13,17,20H,2-6,8,11,14-15H2,1H3/t17-,20+/m1/s1. The lowest BCUT2D eigenvalue weighted by atomic mass is 9.89. The predicted octanol–water partition coefficient (Wildman–Crippen LogP) is 5.53. The summed E-state index contributed by atoms with van der Waals surface area (Å²) in [4.78, 5) is 12.2. The molecule has 2 heteroatoms. The van der Waals surface area contributed by atoms with Crippen molar-refractivity contribution in [1.82, 2.24) is 0 Å². The molecular formula is C20H28O2. The lowest BCUT2D eigenvalue weighted by Gasteiger charge is -2.21. The minimum absolute atomic E-state index is 0.105. The summed E-state index contributed by atoms with van der Waals surface area (Å²) in [5.74, 6) is 2.03. The van der Waals surface area contributed by atoms with Crippen LogP contribution in [0.4, 0.5) is 0 Å². The monoisotopic (exact) mass is 300 g/mol. The Hall–Kier alpha value is -1.57. The Morgan fingerprint density at radius 3 is 2.64 bits per heavy atom. The van der Waals surface area contributed by atoms with E-state index in [0.717, 1.165) is 18.6 Å². The molecule has 0 bridgehead atoms. The molecular weight excluding hydrogens is 272 g/mol. The number of para-hydroxylation sites is 1. The molecule has 0 saturated heterocycles. The fraction of sp³-hybridized carbons (Fsp3) is 0.550. The van der Waals surface area contributed by atoms with Crippen LogP contribution in [0.1, 0.15) is 58.3 Å². The first-order valence-electron chi connectivity index (χ1n) is 8.66. The number of Topliss-reactive ketones (excluding diaryl/α,β-unsaturated/α-hetero) is 1. The molecule has 0 aromatic heterocycles. The summed E-state index contributed by atoms with van der Waals surface area (Å²) in [6.45, 7) is 6.28. The van der Waals surface area contributed by atoms with Crippen LogP contribution in [0.3, 0.4) is 0 Å². The van der Waals surface area contributed by atoms with Gasteiger partial charge in [-0.1, -0.05) is 63.8 Å². The van der Waals surface area contributed by atoms with Crippen LogP contribution in [0.2, 0.25) is 0 Å². The van der Waals surface area contributed by atoms with Gasteiger partial charge >= 0.3 is 0 Å². The highest BCUT2D eigenvalue weighted by atomic mass is 16.5. The van der Waals surface area contributed by atoms with Gasteiger partial charge in [-0.15, -0.1) is 0 Å². The molecule has 120 valence electrons. The van der Waals surface area contributed by atoms with Crippen LogP contribution in [-0.4, -0.2) is 5.78 Å². The fourth-order valence-corrected chi connectivity index (χ4v) is 3.38. The lowest BCUT2D eigenvalue weighted by Crippen LogP contribution is -2.20. The number of hydrogen-bond acceptors (Lipinski definition) is 2. The largest absolute Gasteiger partial charge is 0.462 e. The highest BCUT2D eigenvalue weighted by Gasteiger charge is 2.37. The molecule has 0 radical (unpaired) electrons. The highest BCUT2D eigenvalue weighted by molar-refractivity contribution is 5.85. The minimum Gasteiger partial charge on any atom is -0.462 e. The predicted molar refractivity (Wildman–Crippen MR) is 90.8 cm³/mol. The van der Waals surface area contributed by atoms with Crippen LogP contribution >= 0.6 is 0 Å². The summed E-state index contributed by atoms with van der Waals surface area (Å²) in [6.07, 6.45) is 9.18. The summed E-state index contributed by atoms with van der Waals surface area (Å²) >= 11 is 0. The second-order valence-electron chi connectivity index (χ2n) is 6.33. The van der Waals surface area contributed by atoms with Gasteiger partial charge in [0.05, 0.1) is 5.92 Å². The van der Waals surface area contributed by atoms with Crippen molar-refractivity contribution in [1.29, 1.82) is 0 Å². The lowest BCUT2D eigenvalue weighted by molar-refractivity contribution is -0.120. The molecule has 2 atom stereocenters. The fourth-order valence-electron chi connectivity index (χ4n) is 3.38. The van der Waals surface area contributed by atoms with Gasteiger partial charge in [-0.2, -0.15) is 0 Å². The quantitative estimate of drug-likeness (QED) is 0.442. The zero-order valence-electron chi connectivity index (χ0n) is 13.7. The second kappa shape index (κ2) is 8.77.